The van der Waals surface area contributed by atoms with Gasteiger partial charge in [0, 0.05) is 25.2 Å². The van der Waals surface area contributed by atoms with Gasteiger partial charge in [-0.3, -0.25) is 4.90 Å². The Labute approximate surface area is 186 Å². The van der Waals surface area contributed by atoms with Gasteiger partial charge in [0.15, 0.2) is 0 Å². The number of hydrogen-bond acceptors (Lipinski definition) is 2. The maximum absolute atomic E-state index is 6.52. The number of rotatable bonds is 8. The quantitative estimate of drug-likeness (QED) is 0.413. The lowest BCUT2D eigenvalue weighted by Gasteiger charge is -2.39. The first-order valence-corrected chi connectivity index (χ1v) is 11.9. The SMILES string of the molecule is c1ccc(CN2[C@@H]3CC[C@H]2CC(CCOC(c2ccccc2)c2ccccc2)C3)cc1. The first-order chi connectivity index (χ1) is 15.4. The van der Waals surface area contributed by atoms with E-state index in [4.69, 9.17) is 4.74 Å². The Morgan fingerprint density at radius 3 is 1.77 bits per heavy atom. The Hall–Kier alpha value is -2.42. The summed E-state index contributed by atoms with van der Waals surface area (Å²) in [5, 5.41) is 0. The Morgan fingerprint density at radius 2 is 1.23 bits per heavy atom. The fourth-order valence-electron chi connectivity index (χ4n) is 5.67. The molecular weight excluding hydrogens is 378 g/mol. The van der Waals surface area contributed by atoms with Gasteiger partial charge in [-0.2, -0.15) is 0 Å². The molecule has 1 unspecified atom stereocenters. The fraction of sp³-hybridized carbons (Fsp3) is 0.379. The summed E-state index contributed by atoms with van der Waals surface area (Å²) in [6.07, 6.45) is 6.58. The maximum Gasteiger partial charge on any atom is 0.108 e. The molecule has 3 aromatic rings. The predicted molar refractivity (Wildman–Crippen MR) is 127 cm³/mol. The van der Waals surface area contributed by atoms with Crippen molar-refractivity contribution in [2.24, 2.45) is 5.92 Å². The summed E-state index contributed by atoms with van der Waals surface area (Å²) in [7, 11) is 0. The molecule has 5 rings (SSSR count). The second-order valence-corrected chi connectivity index (χ2v) is 9.24. The maximum atomic E-state index is 6.52. The molecule has 160 valence electrons. The van der Waals surface area contributed by atoms with E-state index in [1.807, 2.05) is 0 Å². The molecule has 2 saturated heterocycles. The lowest BCUT2D eigenvalue weighted by atomic mass is 9.88. The first kappa shape index (κ1) is 20.5. The van der Waals surface area contributed by atoms with Crippen LogP contribution in [-0.4, -0.2) is 23.6 Å². The van der Waals surface area contributed by atoms with Crippen molar-refractivity contribution in [3.63, 3.8) is 0 Å². The molecule has 31 heavy (non-hydrogen) atoms. The van der Waals surface area contributed by atoms with Crippen LogP contribution in [0.3, 0.4) is 0 Å². The highest BCUT2D eigenvalue weighted by molar-refractivity contribution is 5.29. The van der Waals surface area contributed by atoms with E-state index in [1.54, 1.807) is 0 Å². The first-order valence-electron chi connectivity index (χ1n) is 11.9. The van der Waals surface area contributed by atoms with Crippen LogP contribution in [-0.2, 0) is 11.3 Å². The third-order valence-corrected chi connectivity index (χ3v) is 7.21. The van der Waals surface area contributed by atoms with Gasteiger partial charge in [0.1, 0.15) is 6.10 Å². The van der Waals surface area contributed by atoms with Gasteiger partial charge in [0.05, 0.1) is 0 Å². The molecule has 2 bridgehead atoms. The van der Waals surface area contributed by atoms with Gasteiger partial charge in [0.2, 0.25) is 0 Å². The van der Waals surface area contributed by atoms with Crippen molar-refractivity contribution in [2.75, 3.05) is 6.61 Å². The summed E-state index contributed by atoms with van der Waals surface area (Å²) in [5.41, 5.74) is 3.94. The monoisotopic (exact) mass is 411 g/mol. The van der Waals surface area contributed by atoms with E-state index >= 15 is 0 Å². The van der Waals surface area contributed by atoms with Crippen molar-refractivity contribution in [3.8, 4) is 0 Å². The van der Waals surface area contributed by atoms with Gasteiger partial charge >= 0.3 is 0 Å². The summed E-state index contributed by atoms with van der Waals surface area (Å²) in [4.78, 5) is 2.78. The van der Waals surface area contributed by atoms with Gasteiger partial charge in [-0.15, -0.1) is 0 Å². The zero-order valence-corrected chi connectivity index (χ0v) is 18.3. The van der Waals surface area contributed by atoms with E-state index in [2.05, 4.69) is 95.9 Å². The fourth-order valence-corrected chi connectivity index (χ4v) is 5.67. The zero-order valence-electron chi connectivity index (χ0n) is 18.3. The van der Waals surface area contributed by atoms with E-state index in [0.717, 1.165) is 31.2 Å². The smallest absolute Gasteiger partial charge is 0.108 e. The molecule has 2 aliphatic rings. The highest BCUT2D eigenvalue weighted by atomic mass is 16.5. The minimum absolute atomic E-state index is 0.0253. The van der Waals surface area contributed by atoms with E-state index in [1.165, 1.54) is 48.8 Å². The minimum Gasteiger partial charge on any atom is -0.369 e. The highest BCUT2D eigenvalue weighted by Crippen LogP contribution is 2.41. The molecule has 2 nitrogen and oxygen atoms in total. The van der Waals surface area contributed by atoms with Gasteiger partial charge in [-0.25, -0.2) is 0 Å². The van der Waals surface area contributed by atoms with Crippen LogP contribution in [0.1, 0.15) is 54.9 Å². The molecule has 3 aromatic carbocycles. The number of nitrogens with zero attached hydrogens (tertiary/aromatic N) is 1. The van der Waals surface area contributed by atoms with Gasteiger partial charge in [-0.1, -0.05) is 91.0 Å². The van der Waals surface area contributed by atoms with Crippen LogP contribution >= 0.6 is 0 Å². The number of piperidine rings is 1. The normalized spacial score (nSPS) is 23.3. The van der Waals surface area contributed by atoms with Crippen LogP contribution in [0.15, 0.2) is 91.0 Å². The number of fused-ring (bicyclic) bond motifs is 2. The zero-order chi connectivity index (χ0) is 20.9. The van der Waals surface area contributed by atoms with Crippen LogP contribution in [0, 0.1) is 5.92 Å². The van der Waals surface area contributed by atoms with Crippen molar-refractivity contribution in [1.29, 1.82) is 0 Å². The lowest BCUT2D eigenvalue weighted by Crippen LogP contribution is -2.42. The Morgan fingerprint density at radius 1 is 0.710 bits per heavy atom. The van der Waals surface area contributed by atoms with E-state index in [9.17, 15) is 0 Å². The number of ether oxygens (including phenoxy) is 1. The van der Waals surface area contributed by atoms with Crippen molar-refractivity contribution >= 4 is 0 Å². The van der Waals surface area contributed by atoms with Crippen LogP contribution < -0.4 is 0 Å². The van der Waals surface area contributed by atoms with Gasteiger partial charge < -0.3 is 4.74 Å². The molecule has 0 aliphatic carbocycles. The van der Waals surface area contributed by atoms with Crippen LogP contribution in [0.2, 0.25) is 0 Å². The number of hydrogen-bond donors (Lipinski definition) is 0. The molecule has 0 aromatic heterocycles. The standard InChI is InChI=1S/C29H33NO/c1-4-10-23(11-5-1)22-30-27-16-17-28(30)21-24(20-27)18-19-31-29(25-12-6-2-7-13-25)26-14-8-3-9-15-26/h1-15,24,27-29H,16-22H2/t24?,27-,28+. The van der Waals surface area contributed by atoms with Crippen LogP contribution in [0.25, 0.3) is 0 Å². The van der Waals surface area contributed by atoms with Crippen molar-refractivity contribution in [3.05, 3.63) is 108 Å². The summed E-state index contributed by atoms with van der Waals surface area (Å²) in [5.74, 6) is 0.789. The molecule has 0 radical (unpaired) electrons. The third kappa shape index (κ3) is 4.92. The Bertz CT molecular complexity index is 873. The van der Waals surface area contributed by atoms with E-state index < -0.39 is 0 Å². The molecule has 2 heterocycles. The van der Waals surface area contributed by atoms with Crippen molar-refractivity contribution in [1.82, 2.24) is 4.90 Å². The van der Waals surface area contributed by atoms with Crippen LogP contribution in [0.5, 0.6) is 0 Å². The molecule has 2 heteroatoms. The minimum atomic E-state index is 0.0253. The third-order valence-electron chi connectivity index (χ3n) is 7.21. The molecule has 2 fully saturated rings. The molecule has 0 spiro atoms. The van der Waals surface area contributed by atoms with Crippen molar-refractivity contribution < 1.29 is 4.74 Å². The molecule has 3 atom stereocenters. The van der Waals surface area contributed by atoms with Crippen LogP contribution in [0.4, 0.5) is 0 Å². The Kier molecular flexibility index (Phi) is 6.48. The average molecular weight is 412 g/mol. The second kappa shape index (κ2) is 9.80. The predicted octanol–water partition coefficient (Wildman–Crippen LogP) is 6.63. The lowest BCUT2D eigenvalue weighted by molar-refractivity contribution is 0.0442. The second-order valence-electron chi connectivity index (χ2n) is 9.24. The topological polar surface area (TPSA) is 12.5 Å². The van der Waals surface area contributed by atoms with E-state index in [-0.39, 0.29) is 6.10 Å². The number of benzene rings is 3. The molecule has 0 N–H and O–H groups in total. The van der Waals surface area contributed by atoms with Crippen molar-refractivity contribution in [2.45, 2.75) is 56.8 Å². The molecular formula is C29H33NO. The Balaban J connectivity index is 1.18. The van der Waals surface area contributed by atoms with E-state index in [0.29, 0.717) is 0 Å². The average Bonchev–Trinajstić information content (AvgIpc) is 3.05. The summed E-state index contributed by atoms with van der Waals surface area (Å²) in [6, 6.07) is 33.8. The summed E-state index contributed by atoms with van der Waals surface area (Å²) >= 11 is 0. The van der Waals surface area contributed by atoms with Gasteiger partial charge in [0.25, 0.3) is 0 Å². The largest absolute Gasteiger partial charge is 0.369 e. The highest BCUT2D eigenvalue weighted by Gasteiger charge is 2.40. The molecule has 0 amide bonds. The molecule has 0 saturated carbocycles. The summed E-state index contributed by atoms with van der Waals surface area (Å²) in [6.45, 7) is 1.95. The molecule has 2 aliphatic heterocycles. The van der Waals surface area contributed by atoms with Gasteiger partial charge in [-0.05, 0) is 54.7 Å². The summed E-state index contributed by atoms with van der Waals surface area (Å²) < 4.78 is 6.52.